The number of alkyl halides is 2. The zero-order chi connectivity index (χ0) is 23.8. The van der Waals surface area contributed by atoms with Crippen molar-refractivity contribution in [3.05, 3.63) is 53.1 Å². The predicted molar refractivity (Wildman–Crippen MR) is 116 cm³/mol. The largest absolute Gasteiger partial charge is 0.496 e. The zero-order valence-corrected chi connectivity index (χ0v) is 19.1. The van der Waals surface area contributed by atoms with Crippen LogP contribution in [0.3, 0.4) is 0 Å². The van der Waals surface area contributed by atoms with Gasteiger partial charge in [0.05, 0.1) is 30.2 Å². The molecule has 1 N–H and O–H groups in total. The number of benzene rings is 1. The third kappa shape index (κ3) is 4.46. The SMILES string of the molecule is COc1c([C@@H]2[C@@H](C(=O)Nc3ccc(C(C)C)nc3)OC(C)(C)[C@@H]2C)ccc(F)c1C(F)F. The molecule has 0 bridgehead atoms. The molecule has 1 aromatic carbocycles. The lowest BCUT2D eigenvalue weighted by molar-refractivity contribution is -0.131. The number of rotatable bonds is 6. The van der Waals surface area contributed by atoms with Gasteiger partial charge < -0.3 is 14.8 Å². The lowest BCUT2D eigenvalue weighted by Gasteiger charge is -2.26. The molecule has 3 rings (SSSR count). The number of hydrogen-bond acceptors (Lipinski definition) is 4. The van der Waals surface area contributed by atoms with Crippen LogP contribution in [0.1, 0.15) is 69.7 Å². The van der Waals surface area contributed by atoms with Crippen molar-refractivity contribution in [1.82, 2.24) is 4.98 Å². The third-order valence-corrected chi connectivity index (χ3v) is 6.25. The summed E-state index contributed by atoms with van der Waals surface area (Å²) in [6.45, 7) is 9.58. The normalized spacial score (nSPS) is 22.4. The van der Waals surface area contributed by atoms with Crippen molar-refractivity contribution in [2.24, 2.45) is 5.92 Å². The molecule has 2 heterocycles. The molecule has 1 saturated heterocycles. The Hall–Kier alpha value is -2.61. The van der Waals surface area contributed by atoms with Gasteiger partial charge in [-0.1, -0.05) is 26.8 Å². The van der Waals surface area contributed by atoms with E-state index in [4.69, 9.17) is 9.47 Å². The summed E-state index contributed by atoms with van der Waals surface area (Å²) in [5.41, 5.74) is 0.170. The smallest absolute Gasteiger partial charge is 0.270 e. The first-order chi connectivity index (χ1) is 15.0. The molecule has 1 aliphatic rings. The highest BCUT2D eigenvalue weighted by molar-refractivity contribution is 5.95. The van der Waals surface area contributed by atoms with Crippen LogP contribution in [-0.4, -0.2) is 29.7 Å². The van der Waals surface area contributed by atoms with E-state index in [0.717, 1.165) is 11.8 Å². The van der Waals surface area contributed by atoms with Gasteiger partial charge in [-0.05, 0) is 43.9 Å². The Bertz CT molecular complexity index is 977. The summed E-state index contributed by atoms with van der Waals surface area (Å²) in [6.07, 6.45) is -2.48. The highest BCUT2D eigenvalue weighted by atomic mass is 19.3. The Morgan fingerprint density at radius 2 is 1.91 bits per heavy atom. The Kier molecular flexibility index (Phi) is 6.83. The molecule has 1 amide bonds. The number of anilines is 1. The van der Waals surface area contributed by atoms with E-state index in [1.165, 1.54) is 13.2 Å². The van der Waals surface area contributed by atoms with Gasteiger partial charge in [-0.2, -0.15) is 0 Å². The van der Waals surface area contributed by atoms with Crippen molar-refractivity contribution >= 4 is 11.6 Å². The molecule has 3 atom stereocenters. The van der Waals surface area contributed by atoms with Gasteiger partial charge in [0.1, 0.15) is 17.7 Å². The molecule has 0 unspecified atom stereocenters. The lowest BCUT2D eigenvalue weighted by atomic mass is 9.77. The summed E-state index contributed by atoms with van der Waals surface area (Å²) in [6, 6.07) is 5.97. The lowest BCUT2D eigenvalue weighted by Crippen LogP contribution is -2.33. The van der Waals surface area contributed by atoms with Gasteiger partial charge in [-0.15, -0.1) is 0 Å². The van der Waals surface area contributed by atoms with E-state index in [9.17, 15) is 18.0 Å². The molecular formula is C24H29F3N2O3. The Labute approximate surface area is 186 Å². The number of nitrogens with zero attached hydrogens (tertiary/aromatic N) is 1. The van der Waals surface area contributed by atoms with E-state index >= 15 is 0 Å². The van der Waals surface area contributed by atoms with Crippen LogP contribution in [0.15, 0.2) is 30.5 Å². The van der Waals surface area contributed by atoms with Crippen molar-refractivity contribution in [1.29, 1.82) is 0 Å². The summed E-state index contributed by atoms with van der Waals surface area (Å²) < 4.78 is 52.6. The molecule has 1 aliphatic heterocycles. The van der Waals surface area contributed by atoms with Crippen molar-refractivity contribution in [3.8, 4) is 5.75 Å². The minimum atomic E-state index is -3.06. The maximum absolute atomic E-state index is 14.2. The van der Waals surface area contributed by atoms with Crippen molar-refractivity contribution in [2.75, 3.05) is 12.4 Å². The Morgan fingerprint density at radius 1 is 1.22 bits per heavy atom. The van der Waals surface area contributed by atoms with Crippen molar-refractivity contribution in [2.45, 2.75) is 64.6 Å². The van der Waals surface area contributed by atoms with Gasteiger partial charge in [0.2, 0.25) is 0 Å². The number of pyridine rings is 1. The van der Waals surface area contributed by atoms with E-state index in [-0.39, 0.29) is 17.6 Å². The second-order valence-electron chi connectivity index (χ2n) is 8.96. The van der Waals surface area contributed by atoms with E-state index < -0.39 is 41.3 Å². The molecule has 174 valence electrons. The van der Waals surface area contributed by atoms with Crippen LogP contribution in [0.2, 0.25) is 0 Å². The maximum Gasteiger partial charge on any atom is 0.270 e. The monoisotopic (exact) mass is 450 g/mol. The number of carbonyl (C=O) groups excluding carboxylic acids is 1. The van der Waals surface area contributed by atoms with Crippen molar-refractivity contribution in [3.63, 3.8) is 0 Å². The van der Waals surface area contributed by atoms with Gasteiger partial charge in [0.15, 0.2) is 0 Å². The molecule has 32 heavy (non-hydrogen) atoms. The van der Waals surface area contributed by atoms with Crippen LogP contribution in [0.5, 0.6) is 5.75 Å². The number of nitrogens with one attached hydrogen (secondary N) is 1. The topological polar surface area (TPSA) is 60.5 Å². The minimum Gasteiger partial charge on any atom is -0.496 e. The van der Waals surface area contributed by atoms with E-state index in [0.29, 0.717) is 11.3 Å². The fourth-order valence-electron chi connectivity index (χ4n) is 4.17. The number of amides is 1. The number of methoxy groups -OCH3 is 1. The van der Waals surface area contributed by atoms with Crippen LogP contribution in [-0.2, 0) is 9.53 Å². The fraction of sp³-hybridized carbons (Fsp3) is 0.500. The molecular weight excluding hydrogens is 421 g/mol. The number of aromatic nitrogens is 1. The number of ether oxygens (including phenoxy) is 2. The van der Waals surface area contributed by atoms with Gasteiger partial charge in [0, 0.05) is 17.2 Å². The average molecular weight is 451 g/mol. The van der Waals surface area contributed by atoms with E-state index in [1.54, 1.807) is 12.3 Å². The second kappa shape index (κ2) is 9.10. The van der Waals surface area contributed by atoms with Crippen LogP contribution >= 0.6 is 0 Å². The standard InChI is InChI=1S/C24H29F3N2O3/c1-12(2)17-10-7-14(11-28-17)29-23(30)21-18(13(3)24(4,5)32-21)15-8-9-16(25)19(22(26)27)20(15)31-6/h7-13,18,21-22H,1-6H3,(H,29,30)/t13-,18-,21+/m1/s1. The fourth-order valence-corrected chi connectivity index (χ4v) is 4.17. The highest BCUT2D eigenvalue weighted by Crippen LogP contribution is 2.50. The number of halogens is 3. The number of hydrogen-bond donors (Lipinski definition) is 1. The first kappa shape index (κ1) is 24.0. The highest BCUT2D eigenvalue weighted by Gasteiger charge is 2.51. The molecule has 1 fully saturated rings. The van der Waals surface area contributed by atoms with Gasteiger partial charge in [-0.25, -0.2) is 13.2 Å². The van der Waals surface area contributed by atoms with Crippen LogP contribution < -0.4 is 10.1 Å². The average Bonchev–Trinajstić information content (AvgIpc) is 2.97. The molecule has 0 aliphatic carbocycles. The van der Waals surface area contributed by atoms with Gasteiger partial charge in [-0.3, -0.25) is 9.78 Å². The first-order valence-electron chi connectivity index (χ1n) is 10.6. The summed E-state index contributed by atoms with van der Waals surface area (Å²) in [4.78, 5) is 17.6. The zero-order valence-electron chi connectivity index (χ0n) is 19.1. The third-order valence-electron chi connectivity index (χ3n) is 6.25. The molecule has 0 spiro atoms. The molecule has 8 heteroatoms. The first-order valence-corrected chi connectivity index (χ1v) is 10.6. The van der Waals surface area contributed by atoms with E-state index in [2.05, 4.69) is 10.3 Å². The molecule has 1 aromatic heterocycles. The summed E-state index contributed by atoms with van der Waals surface area (Å²) >= 11 is 0. The van der Waals surface area contributed by atoms with Crippen molar-refractivity contribution < 1.29 is 27.4 Å². The Morgan fingerprint density at radius 3 is 2.44 bits per heavy atom. The predicted octanol–water partition coefficient (Wildman–Crippen LogP) is 5.83. The molecule has 0 saturated carbocycles. The van der Waals surface area contributed by atoms with Crippen LogP contribution in [0.25, 0.3) is 0 Å². The molecule has 0 radical (unpaired) electrons. The van der Waals surface area contributed by atoms with E-state index in [1.807, 2.05) is 40.7 Å². The summed E-state index contributed by atoms with van der Waals surface area (Å²) in [5, 5.41) is 2.80. The molecule has 2 aromatic rings. The Balaban J connectivity index is 1.99. The quantitative estimate of drug-likeness (QED) is 0.602. The molecule has 5 nitrogen and oxygen atoms in total. The van der Waals surface area contributed by atoms with Gasteiger partial charge in [0.25, 0.3) is 12.3 Å². The summed E-state index contributed by atoms with van der Waals surface area (Å²) in [7, 11) is 1.22. The summed E-state index contributed by atoms with van der Waals surface area (Å²) in [5.74, 6) is -2.36. The minimum absolute atomic E-state index is 0.246. The second-order valence-corrected chi connectivity index (χ2v) is 8.96. The van der Waals surface area contributed by atoms with Crippen LogP contribution in [0, 0.1) is 11.7 Å². The maximum atomic E-state index is 14.2. The van der Waals surface area contributed by atoms with Gasteiger partial charge >= 0.3 is 0 Å². The van der Waals surface area contributed by atoms with Crippen LogP contribution in [0.4, 0.5) is 18.9 Å². The number of carbonyl (C=O) groups is 1.